The fraction of sp³-hybridized carbons (Fsp3) is 0.0667. The Morgan fingerprint density at radius 3 is 2.36 bits per heavy atom. The lowest BCUT2D eigenvalue weighted by Gasteiger charge is -2.11. The number of non-ortho nitro benzene ring substituents is 1. The molecule has 0 saturated carbocycles. The molecule has 1 amide bonds. The van der Waals surface area contributed by atoms with E-state index in [2.05, 4.69) is 5.32 Å². The van der Waals surface area contributed by atoms with Crippen molar-refractivity contribution in [1.29, 1.82) is 5.26 Å². The molecule has 0 aliphatic carbocycles. The van der Waals surface area contributed by atoms with E-state index in [0.29, 0.717) is 0 Å². The summed E-state index contributed by atoms with van der Waals surface area (Å²) in [6.07, 6.45) is 0. The van der Waals surface area contributed by atoms with Gasteiger partial charge < -0.3 is 5.32 Å². The van der Waals surface area contributed by atoms with Crippen molar-refractivity contribution in [2.45, 2.75) is 10.3 Å². The minimum atomic E-state index is -0.745. The smallest absolute Gasteiger partial charge is 0.269 e. The maximum absolute atomic E-state index is 12.0. The van der Waals surface area contributed by atoms with E-state index >= 15 is 0 Å². The maximum Gasteiger partial charge on any atom is 0.269 e. The van der Waals surface area contributed by atoms with E-state index in [1.807, 2.05) is 36.4 Å². The van der Waals surface area contributed by atoms with Crippen LogP contribution in [0.15, 0.2) is 59.5 Å². The lowest BCUT2D eigenvalue weighted by atomic mass is 10.2. The Morgan fingerprint density at radius 1 is 1.18 bits per heavy atom. The number of nitrogens with zero attached hydrogens (tertiary/aromatic N) is 2. The monoisotopic (exact) mass is 313 g/mol. The lowest BCUT2D eigenvalue weighted by molar-refractivity contribution is -0.384. The summed E-state index contributed by atoms with van der Waals surface area (Å²) >= 11 is 1.22. The van der Waals surface area contributed by atoms with Crippen LogP contribution in [0.25, 0.3) is 0 Å². The van der Waals surface area contributed by atoms with E-state index in [1.54, 1.807) is 0 Å². The van der Waals surface area contributed by atoms with Crippen molar-refractivity contribution in [3.63, 3.8) is 0 Å². The Balaban J connectivity index is 2.03. The number of thioether (sulfide) groups is 1. The van der Waals surface area contributed by atoms with Crippen molar-refractivity contribution in [3.05, 3.63) is 70.3 Å². The van der Waals surface area contributed by atoms with Crippen molar-refractivity contribution >= 4 is 23.4 Å². The molecule has 6 nitrogen and oxygen atoms in total. The molecule has 22 heavy (non-hydrogen) atoms. The molecule has 0 fully saturated rings. The van der Waals surface area contributed by atoms with Crippen LogP contribution in [-0.2, 0) is 0 Å². The Hall–Kier alpha value is -2.85. The Labute approximate surface area is 130 Å². The second-order valence-corrected chi connectivity index (χ2v) is 5.40. The SMILES string of the molecule is N#CC(NC(=O)c1ccc([N+](=O)[O-])cc1)Sc1ccccc1. The van der Waals surface area contributed by atoms with Gasteiger partial charge in [-0.1, -0.05) is 30.0 Å². The van der Waals surface area contributed by atoms with Gasteiger partial charge in [0.15, 0.2) is 5.37 Å². The highest BCUT2D eigenvalue weighted by Gasteiger charge is 2.15. The second-order valence-electron chi connectivity index (χ2n) is 4.22. The van der Waals surface area contributed by atoms with Crippen molar-refractivity contribution in [3.8, 4) is 6.07 Å². The zero-order chi connectivity index (χ0) is 15.9. The highest BCUT2D eigenvalue weighted by molar-refractivity contribution is 8.00. The summed E-state index contributed by atoms with van der Waals surface area (Å²) in [5, 5.41) is 21.5. The average molecular weight is 313 g/mol. The van der Waals surface area contributed by atoms with E-state index in [0.717, 1.165) is 4.90 Å². The van der Waals surface area contributed by atoms with Crippen LogP contribution in [0.1, 0.15) is 10.4 Å². The minimum Gasteiger partial charge on any atom is -0.328 e. The van der Waals surface area contributed by atoms with Crippen LogP contribution >= 0.6 is 11.8 Å². The number of hydrogen-bond acceptors (Lipinski definition) is 5. The van der Waals surface area contributed by atoms with Crippen molar-refractivity contribution < 1.29 is 9.72 Å². The zero-order valence-corrected chi connectivity index (χ0v) is 12.1. The zero-order valence-electron chi connectivity index (χ0n) is 11.3. The minimum absolute atomic E-state index is 0.0907. The number of hydrogen-bond donors (Lipinski definition) is 1. The number of benzene rings is 2. The molecule has 0 saturated heterocycles. The summed E-state index contributed by atoms with van der Waals surface area (Å²) in [6.45, 7) is 0. The Bertz CT molecular complexity index is 711. The molecular weight excluding hydrogens is 302 g/mol. The largest absolute Gasteiger partial charge is 0.328 e. The van der Waals surface area contributed by atoms with E-state index in [1.165, 1.54) is 36.0 Å². The summed E-state index contributed by atoms with van der Waals surface area (Å²) in [6, 6.07) is 16.4. The first-order chi connectivity index (χ1) is 10.6. The first-order valence-corrected chi connectivity index (χ1v) is 7.15. The number of carbonyl (C=O) groups excluding carboxylic acids is 1. The van der Waals surface area contributed by atoms with E-state index in [4.69, 9.17) is 5.26 Å². The first kappa shape index (κ1) is 15.5. The van der Waals surface area contributed by atoms with Gasteiger partial charge in [0.05, 0.1) is 11.0 Å². The molecule has 1 atom stereocenters. The number of amides is 1. The highest BCUT2D eigenvalue weighted by Crippen LogP contribution is 2.21. The summed E-state index contributed by atoms with van der Waals surface area (Å²) < 4.78 is 0. The van der Waals surface area contributed by atoms with Crippen molar-refractivity contribution in [2.24, 2.45) is 0 Å². The fourth-order valence-corrected chi connectivity index (χ4v) is 2.47. The van der Waals surface area contributed by atoms with Gasteiger partial charge >= 0.3 is 0 Å². The van der Waals surface area contributed by atoms with Crippen LogP contribution in [0.3, 0.4) is 0 Å². The molecule has 110 valence electrons. The normalized spacial score (nSPS) is 11.2. The third-order valence-corrected chi connectivity index (χ3v) is 3.72. The van der Waals surface area contributed by atoms with Gasteiger partial charge in [-0.05, 0) is 24.3 Å². The quantitative estimate of drug-likeness (QED) is 0.396. The van der Waals surface area contributed by atoms with Gasteiger partial charge in [-0.25, -0.2) is 0 Å². The molecule has 1 unspecified atom stereocenters. The first-order valence-electron chi connectivity index (χ1n) is 6.27. The van der Waals surface area contributed by atoms with Crippen LogP contribution in [-0.4, -0.2) is 16.2 Å². The lowest BCUT2D eigenvalue weighted by Crippen LogP contribution is -2.31. The van der Waals surface area contributed by atoms with Crippen molar-refractivity contribution in [1.82, 2.24) is 5.32 Å². The van der Waals surface area contributed by atoms with Crippen LogP contribution in [0.4, 0.5) is 5.69 Å². The van der Waals surface area contributed by atoms with Gasteiger partial charge in [0.25, 0.3) is 11.6 Å². The van der Waals surface area contributed by atoms with E-state index in [9.17, 15) is 14.9 Å². The molecule has 0 aromatic heterocycles. The molecular formula is C15H11N3O3S. The topological polar surface area (TPSA) is 96.0 Å². The highest BCUT2D eigenvalue weighted by atomic mass is 32.2. The molecule has 0 radical (unpaired) electrons. The number of carbonyl (C=O) groups is 1. The molecule has 0 bridgehead atoms. The van der Waals surface area contributed by atoms with Gasteiger partial charge in [-0.3, -0.25) is 14.9 Å². The Kier molecular flexibility index (Phi) is 5.11. The van der Waals surface area contributed by atoms with Crippen LogP contribution in [0, 0.1) is 21.4 Å². The van der Waals surface area contributed by atoms with Gasteiger partial charge in [-0.2, -0.15) is 5.26 Å². The second kappa shape index (κ2) is 7.24. The summed E-state index contributed by atoms with van der Waals surface area (Å²) in [4.78, 5) is 22.9. The Morgan fingerprint density at radius 2 is 1.82 bits per heavy atom. The van der Waals surface area contributed by atoms with E-state index in [-0.39, 0.29) is 11.3 Å². The third-order valence-electron chi connectivity index (χ3n) is 2.72. The number of rotatable bonds is 5. The number of nitro groups is 1. The summed E-state index contributed by atoms with van der Waals surface area (Å²) in [5.41, 5.74) is 0.173. The predicted molar refractivity (Wildman–Crippen MR) is 82.3 cm³/mol. The molecule has 1 N–H and O–H groups in total. The predicted octanol–water partition coefficient (Wildman–Crippen LogP) is 2.97. The van der Waals surface area contributed by atoms with Crippen molar-refractivity contribution in [2.75, 3.05) is 0 Å². The average Bonchev–Trinajstić information content (AvgIpc) is 2.55. The van der Waals surface area contributed by atoms with Gasteiger partial charge in [0, 0.05) is 22.6 Å². The summed E-state index contributed by atoms with van der Waals surface area (Å²) in [5.74, 6) is -0.454. The molecule has 0 heterocycles. The van der Waals surface area contributed by atoms with Gasteiger partial charge in [0.2, 0.25) is 0 Å². The van der Waals surface area contributed by atoms with Crippen LogP contribution in [0.2, 0.25) is 0 Å². The molecule has 2 rings (SSSR count). The standard InChI is InChI=1S/C15H11N3O3S/c16-10-14(22-13-4-2-1-3-5-13)17-15(19)11-6-8-12(9-7-11)18(20)21/h1-9,14H,(H,17,19). The number of nitro benzene ring substituents is 1. The molecule has 0 spiro atoms. The van der Waals surface area contributed by atoms with Gasteiger partial charge in [-0.15, -0.1) is 0 Å². The van der Waals surface area contributed by atoms with Gasteiger partial charge in [0.1, 0.15) is 0 Å². The number of nitriles is 1. The van der Waals surface area contributed by atoms with E-state index < -0.39 is 16.2 Å². The summed E-state index contributed by atoms with van der Waals surface area (Å²) in [7, 11) is 0. The third kappa shape index (κ3) is 4.07. The molecule has 7 heteroatoms. The molecule has 2 aromatic carbocycles. The van der Waals surface area contributed by atoms with Crippen LogP contribution in [0.5, 0.6) is 0 Å². The maximum atomic E-state index is 12.0. The molecule has 0 aliphatic rings. The molecule has 2 aromatic rings. The molecule has 0 aliphatic heterocycles. The number of nitrogens with one attached hydrogen (secondary N) is 1. The van der Waals surface area contributed by atoms with Crippen LogP contribution < -0.4 is 5.32 Å². The fourth-order valence-electron chi connectivity index (χ4n) is 1.66.